The Kier molecular flexibility index (Phi) is 4.72. The topological polar surface area (TPSA) is 3.24 Å². The van der Waals surface area contributed by atoms with E-state index in [-0.39, 0.29) is 0 Å². The van der Waals surface area contributed by atoms with Crippen molar-refractivity contribution in [2.24, 2.45) is 0 Å². The van der Waals surface area contributed by atoms with Gasteiger partial charge in [-0.05, 0) is 58.0 Å². The highest BCUT2D eigenvalue weighted by molar-refractivity contribution is 6.01. The van der Waals surface area contributed by atoms with Crippen LogP contribution in [-0.2, 0) is 0 Å². The fourth-order valence-corrected chi connectivity index (χ4v) is 4.33. The molecule has 5 aromatic rings. The van der Waals surface area contributed by atoms with Crippen molar-refractivity contribution in [3.8, 4) is 0 Å². The zero-order valence-corrected chi connectivity index (χ0v) is 17.4. The fraction of sp³-hybridized carbons (Fsp3) is 0.103. The molecule has 0 fully saturated rings. The van der Waals surface area contributed by atoms with Crippen LogP contribution in [0.15, 0.2) is 109 Å². The molecule has 0 radical (unpaired) electrons. The van der Waals surface area contributed by atoms with E-state index in [2.05, 4.69) is 128 Å². The second kappa shape index (κ2) is 7.68. The normalized spacial score (nSPS) is 11.3. The first-order valence-electron chi connectivity index (χ1n) is 10.6. The summed E-state index contributed by atoms with van der Waals surface area (Å²) in [6, 6.07) is 39.2. The number of nitrogens with zero attached hydrogens (tertiary/aromatic N) is 1. The number of hydrogen-bond acceptors (Lipinski definition) is 1. The van der Waals surface area contributed by atoms with Crippen LogP contribution in [0.5, 0.6) is 0 Å². The molecule has 0 saturated heterocycles. The van der Waals surface area contributed by atoms with Gasteiger partial charge in [0.05, 0.1) is 5.69 Å². The van der Waals surface area contributed by atoms with Gasteiger partial charge in [-0.2, -0.15) is 0 Å². The van der Waals surface area contributed by atoms with Gasteiger partial charge in [-0.3, -0.25) is 0 Å². The molecule has 1 heteroatoms. The van der Waals surface area contributed by atoms with Crippen LogP contribution >= 0.6 is 0 Å². The third-order valence-electron chi connectivity index (χ3n) is 5.80. The number of para-hydroxylation sites is 1. The van der Waals surface area contributed by atoms with Crippen LogP contribution in [0.4, 0.5) is 17.1 Å². The second-order valence-electron chi connectivity index (χ2n) is 8.08. The van der Waals surface area contributed by atoms with Crippen LogP contribution in [0.1, 0.15) is 25.3 Å². The monoisotopic (exact) mass is 387 g/mol. The molecule has 5 rings (SSSR count). The fourth-order valence-electron chi connectivity index (χ4n) is 4.33. The Balaban J connectivity index is 1.79. The van der Waals surface area contributed by atoms with Gasteiger partial charge in [-0.25, -0.2) is 0 Å². The average molecular weight is 388 g/mol. The van der Waals surface area contributed by atoms with Gasteiger partial charge in [-0.1, -0.05) is 92.7 Å². The van der Waals surface area contributed by atoms with Crippen LogP contribution in [0.2, 0.25) is 0 Å². The van der Waals surface area contributed by atoms with Crippen molar-refractivity contribution < 1.29 is 0 Å². The minimum atomic E-state index is 0.481. The Bertz CT molecular complexity index is 1320. The van der Waals surface area contributed by atoms with E-state index < -0.39 is 0 Å². The summed E-state index contributed by atoms with van der Waals surface area (Å²) in [4.78, 5) is 2.37. The van der Waals surface area contributed by atoms with E-state index in [1.807, 2.05) is 0 Å². The smallest absolute Gasteiger partial charge is 0.0540 e. The minimum Gasteiger partial charge on any atom is -0.310 e. The number of fused-ring (bicyclic) bond motifs is 2. The van der Waals surface area contributed by atoms with Crippen molar-refractivity contribution in [1.82, 2.24) is 0 Å². The predicted molar refractivity (Wildman–Crippen MR) is 130 cm³/mol. The van der Waals surface area contributed by atoms with Crippen LogP contribution in [-0.4, -0.2) is 0 Å². The molecule has 0 saturated carbocycles. The Morgan fingerprint density at radius 2 is 1.20 bits per heavy atom. The van der Waals surface area contributed by atoms with E-state index in [9.17, 15) is 0 Å². The van der Waals surface area contributed by atoms with E-state index in [0.717, 1.165) is 5.69 Å². The lowest BCUT2D eigenvalue weighted by molar-refractivity contribution is 0.876. The molecular formula is C29H25N. The molecule has 0 aliphatic rings. The molecule has 0 spiro atoms. The van der Waals surface area contributed by atoms with Crippen molar-refractivity contribution >= 4 is 38.6 Å². The summed E-state index contributed by atoms with van der Waals surface area (Å²) in [6.07, 6.45) is 0. The molecule has 0 atom stereocenters. The van der Waals surface area contributed by atoms with E-state index in [4.69, 9.17) is 0 Å². The van der Waals surface area contributed by atoms with Gasteiger partial charge in [-0.15, -0.1) is 0 Å². The molecule has 146 valence electrons. The average Bonchev–Trinajstić information content (AvgIpc) is 2.80. The lowest BCUT2D eigenvalue weighted by atomic mass is 9.94. The molecule has 0 N–H and O–H groups in total. The summed E-state index contributed by atoms with van der Waals surface area (Å²) in [7, 11) is 0. The van der Waals surface area contributed by atoms with Crippen LogP contribution in [0.25, 0.3) is 21.5 Å². The van der Waals surface area contributed by atoms with Crippen LogP contribution < -0.4 is 4.90 Å². The maximum absolute atomic E-state index is 2.37. The molecule has 0 unspecified atom stereocenters. The summed E-state index contributed by atoms with van der Waals surface area (Å²) in [5.74, 6) is 0.481. The predicted octanol–water partition coefficient (Wildman–Crippen LogP) is 8.59. The molecule has 0 bridgehead atoms. The second-order valence-corrected chi connectivity index (χ2v) is 8.08. The SMILES string of the molecule is CC(C)c1ccc(N(c2ccccc2)c2ccc3ccccc3c2)c2ccccc12. The van der Waals surface area contributed by atoms with Gasteiger partial charge in [0.15, 0.2) is 0 Å². The summed E-state index contributed by atoms with van der Waals surface area (Å²) >= 11 is 0. The third kappa shape index (κ3) is 3.23. The Labute approximate surface area is 178 Å². The van der Waals surface area contributed by atoms with Crippen molar-refractivity contribution in [3.63, 3.8) is 0 Å². The third-order valence-corrected chi connectivity index (χ3v) is 5.80. The molecule has 5 aromatic carbocycles. The molecular weight excluding hydrogens is 362 g/mol. The van der Waals surface area contributed by atoms with Gasteiger partial charge in [0.2, 0.25) is 0 Å². The molecule has 0 amide bonds. The van der Waals surface area contributed by atoms with E-state index in [1.54, 1.807) is 0 Å². The highest BCUT2D eigenvalue weighted by Gasteiger charge is 2.17. The molecule has 0 aromatic heterocycles. The summed E-state index contributed by atoms with van der Waals surface area (Å²) in [5, 5.41) is 5.11. The maximum atomic E-state index is 2.37. The zero-order valence-electron chi connectivity index (χ0n) is 17.4. The van der Waals surface area contributed by atoms with Crippen LogP contribution in [0.3, 0.4) is 0 Å². The summed E-state index contributed by atoms with van der Waals surface area (Å²) < 4.78 is 0. The molecule has 30 heavy (non-hydrogen) atoms. The van der Waals surface area contributed by atoms with E-state index in [1.165, 1.54) is 38.5 Å². The maximum Gasteiger partial charge on any atom is 0.0540 e. The highest BCUT2D eigenvalue weighted by Crippen LogP contribution is 2.41. The van der Waals surface area contributed by atoms with Crippen molar-refractivity contribution in [3.05, 3.63) is 115 Å². The first-order valence-corrected chi connectivity index (χ1v) is 10.6. The number of rotatable bonds is 4. The van der Waals surface area contributed by atoms with Crippen LogP contribution in [0, 0.1) is 0 Å². The number of benzene rings is 5. The van der Waals surface area contributed by atoms with Gasteiger partial charge < -0.3 is 4.90 Å². The van der Waals surface area contributed by atoms with Gasteiger partial charge in [0.25, 0.3) is 0 Å². The highest BCUT2D eigenvalue weighted by atomic mass is 15.1. The molecule has 0 aliphatic heterocycles. The Hall–Kier alpha value is -3.58. The minimum absolute atomic E-state index is 0.481. The summed E-state index contributed by atoms with van der Waals surface area (Å²) in [6.45, 7) is 4.53. The van der Waals surface area contributed by atoms with Crippen molar-refractivity contribution in [2.75, 3.05) is 4.90 Å². The summed E-state index contributed by atoms with van der Waals surface area (Å²) in [5.41, 5.74) is 4.93. The van der Waals surface area contributed by atoms with Gasteiger partial charge in [0, 0.05) is 16.8 Å². The first kappa shape index (κ1) is 18.4. The quantitative estimate of drug-likeness (QED) is 0.298. The Morgan fingerprint density at radius 3 is 1.97 bits per heavy atom. The first-order chi connectivity index (χ1) is 14.7. The molecule has 0 aliphatic carbocycles. The molecule has 0 heterocycles. The molecule has 1 nitrogen and oxygen atoms in total. The van der Waals surface area contributed by atoms with Crippen molar-refractivity contribution in [1.29, 1.82) is 0 Å². The lowest BCUT2D eigenvalue weighted by Crippen LogP contribution is -2.10. The van der Waals surface area contributed by atoms with Crippen molar-refractivity contribution in [2.45, 2.75) is 19.8 Å². The Morgan fingerprint density at radius 1 is 0.533 bits per heavy atom. The number of anilines is 3. The van der Waals surface area contributed by atoms with Gasteiger partial charge in [0.1, 0.15) is 0 Å². The van der Waals surface area contributed by atoms with E-state index in [0.29, 0.717) is 5.92 Å². The largest absolute Gasteiger partial charge is 0.310 e. The standard InChI is InChI=1S/C29H25N/c1-21(2)26-18-19-29(28-15-9-8-14-27(26)28)30(24-12-4-3-5-13-24)25-17-16-22-10-6-7-11-23(22)20-25/h3-21H,1-2H3. The van der Waals surface area contributed by atoms with E-state index >= 15 is 0 Å². The zero-order chi connectivity index (χ0) is 20.5. The number of hydrogen-bond donors (Lipinski definition) is 0. The van der Waals surface area contributed by atoms with Gasteiger partial charge >= 0.3 is 0 Å². The lowest BCUT2D eigenvalue weighted by Gasteiger charge is -2.28.